The quantitative estimate of drug-likeness (QED) is 0.187. The molecule has 0 radical (unpaired) electrons. The smallest absolute Gasteiger partial charge is 0.475 e. The van der Waals surface area contributed by atoms with Gasteiger partial charge in [0.15, 0.2) is 6.04 Å². The second-order valence-electron chi connectivity index (χ2n) is 12.6. The number of oxazole rings is 1. The number of alkyl halides is 3. The Labute approximate surface area is 276 Å². The van der Waals surface area contributed by atoms with Gasteiger partial charge in [-0.1, -0.05) is 26.0 Å². The molecule has 2 amide bonds. The highest BCUT2D eigenvalue weighted by atomic mass is 19.4. The van der Waals surface area contributed by atoms with Gasteiger partial charge in [-0.05, 0) is 72.6 Å². The van der Waals surface area contributed by atoms with E-state index < -0.39 is 41.3 Å². The first-order valence-corrected chi connectivity index (χ1v) is 15.0. The number of carbonyl (C=O) groups excluding carboxylic acids is 3. The molecule has 0 aliphatic rings. The fourth-order valence-corrected chi connectivity index (χ4v) is 3.77. The number of hydrogen-bond acceptors (Lipinski definition) is 9. The van der Waals surface area contributed by atoms with E-state index in [1.807, 2.05) is 40.7 Å². The van der Waals surface area contributed by atoms with Gasteiger partial charge in [-0.3, -0.25) is 14.7 Å². The van der Waals surface area contributed by atoms with Crippen molar-refractivity contribution in [3.8, 4) is 22.7 Å². The van der Waals surface area contributed by atoms with Gasteiger partial charge in [0.05, 0.1) is 24.1 Å². The molecule has 16 heteroatoms. The molecule has 1 atom stereocenters. The van der Waals surface area contributed by atoms with Crippen molar-refractivity contribution in [3.05, 3.63) is 48.0 Å². The molecule has 48 heavy (non-hydrogen) atoms. The zero-order valence-corrected chi connectivity index (χ0v) is 28.1. The number of benzene rings is 1. The van der Waals surface area contributed by atoms with E-state index in [-0.39, 0.29) is 30.2 Å². The van der Waals surface area contributed by atoms with Gasteiger partial charge in [-0.2, -0.15) is 18.3 Å². The van der Waals surface area contributed by atoms with E-state index in [4.69, 9.17) is 23.8 Å². The Morgan fingerprint density at radius 2 is 1.54 bits per heavy atom. The van der Waals surface area contributed by atoms with Crippen LogP contribution >= 0.6 is 0 Å². The lowest BCUT2D eigenvalue weighted by molar-refractivity contribution is -0.192. The standard InChI is InChI=1S/C30H41N5O6.C2HF3O2/c1-9-20(10-2)32-25(36)22-15-21(34-35-22)18-12-11-13-19(14-18)27-31-16-24(40-27)26(37)33-23(17-39-29(3,4)5)28(38)41-30(6,7)8;3-2(4,5)1(6)7/h11-16,20,23H,9-10,17H2,1-8H3,(H,32,36)(H,33,37)(H,34,35);(H,6,7). The molecule has 0 aliphatic heterocycles. The van der Waals surface area contributed by atoms with Crippen molar-refractivity contribution in [2.24, 2.45) is 0 Å². The molecule has 0 saturated heterocycles. The Hall–Kier alpha value is -4.73. The summed E-state index contributed by atoms with van der Waals surface area (Å²) in [6.45, 7) is 14.8. The Morgan fingerprint density at radius 3 is 2.08 bits per heavy atom. The minimum absolute atomic E-state index is 0.0742. The molecule has 0 aliphatic carbocycles. The number of hydrogen-bond donors (Lipinski definition) is 4. The topological polar surface area (TPSA) is 186 Å². The number of esters is 1. The molecular weight excluding hydrogens is 639 g/mol. The molecule has 0 bridgehead atoms. The van der Waals surface area contributed by atoms with Crippen LogP contribution in [0.4, 0.5) is 13.2 Å². The summed E-state index contributed by atoms with van der Waals surface area (Å²) < 4.78 is 48.7. The van der Waals surface area contributed by atoms with Gasteiger partial charge in [0, 0.05) is 17.2 Å². The number of ether oxygens (including phenoxy) is 2. The summed E-state index contributed by atoms with van der Waals surface area (Å²) in [4.78, 5) is 51.5. The van der Waals surface area contributed by atoms with E-state index in [9.17, 15) is 27.6 Å². The summed E-state index contributed by atoms with van der Waals surface area (Å²) in [7, 11) is 0. The molecule has 3 aromatic rings. The molecule has 1 unspecified atom stereocenters. The van der Waals surface area contributed by atoms with E-state index in [1.54, 1.807) is 45.0 Å². The van der Waals surface area contributed by atoms with E-state index in [0.717, 1.165) is 18.4 Å². The summed E-state index contributed by atoms with van der Waals surface area (Å²) >= 11 is 0. The number of amides is 2. The molecule has 0 saturated carbocycles. The van der Waals surface area contributed by atoms with Crippen molar-refractivity contribution in [2.75, 3.05) is 6.61 Å². The second kappa shape index (κ2) is 16.4. The number of carboxylic acid groups (broad SMARTS) is 1. The van der Waals surface area contributed by atoms with Crippen LogP contribution in [0.2, 0.25) is 0 Å². The van der Waals surface area contributed by atoms with E-state index in [0.29, 0.717) is 17.0 Å². The maximum atomic E-state index is 13.0. The lowest BCUT2D eigenvalue weighted by Crippen LogP contribution is -2.48. The number of halogens is 3. The zero-order valence-electron chi connectivity index (χ0n) is 28.1. The number of carbonyl (C=O) groups is 4. The number of H-pyrrole nitrogens is 1. The number of rotatable bonds is 11. The van der Waals surface area contributed by atoms with E-state index >= 15 is 0 Å². The first-order chi connectivity index (χ1) is 22.1. The van der Waals surface area contributed by atoms with Gasteiger partial charge in [-0.15, -0.1) is 0 Å². The molecule has 13 nitrogen and oxygen atoms in total. The molecular formula is C32H42F3N5O8. The van der Waals surface area contributed by atoms with Crippen LogP contribution in [0.5, 0.6) is 0 Å². The van der Waals surface area contributed by atoms with Gasteiger partial charge in [0.2, 0.25) is 11.7 Å². The number of aromatic amines is 1. The molecule has 1 aromatic carbocycles. The van der Waals surface area contributed by atoms with Crippen molar-refractivity contribution >= 4 is 23.8 Å². The summed E-state index contributed by atoms with van der Waals surface area (Å²) in [6.07, 6.45) is -2.11. The minimum atomic E-state index is -5.08. The number of nitrogens with zero attached hydrogens (tertiary/aromatic N) is 2. The SMILES string of the molecule is CCC(CC)NC(=O)c1cc(-c2cccc(-c3ncc(C(=O)NC(COC(C)(C)C)C(=O)OC(C)(C)C)o3)c2)n[nH]1.O=C(O)C(F)(F)F. The molecule has 0 spiro atoms. The van der Waals surface area contributed by atoms with Crippen molar-refractivity contribution in [2.45, 2.75) is 97.7 Å². The van der Waals surface area contributed by atoms with Gasteiger partial charge < -0.3 is 29.6 Å². The Balaban J connectivity index is 0.00000103. The number of aromatic nitrogens is 3. The average Bonchev–Trinajstić information content (AvgIpc) is 3.67. The summed E-state index contributed by atoms with van der Waals surface area (Å²) in [5.41, 5.74) is 1.01. The fraction of sp³-hybridized carbons (Fsp3) is 0.500. The van der Waals surface area contributed by atoms with Gasteiger partial charge in [0.25, 0.3) is 11.8 Å². The van der Waals surface area contributed by atoms with Crippen LogP contribution in [-0.2, 0) is 19.1 Å². The Kier molecular flexibility index (Phi) is 13.5. The number of aliphatic carboxylic acids is 1. The third kappa shape index (κ3) is 12.8. The average molecular weight is 682 g/mol. The molecule has 2 aromatic heterocycles. The lowest BCUT2D eigenvalue weighted by Gasteiger charge is -2.27. The number of nitrogens with one attached hydrogen (secondary N) is 3. The molecule has 3 rings (SSSR count). The fourth-order valence-electron chi connectivity index (χ4n) is 3.77. The molecule has 4 N–H and O–H groups in total. The number of carboxylic acids is 1. The zero-order chi connectivity index (χ0) is 36.4. The summed E-state index contributed by atoms with van der Waals surface area (Å²) in [5, 5.41) is 19.8. The monoisotopic (exact) mass is 681 g/mol. The van der Waals surface area contributed by atoms with Crippen LogP contribution in [-0.4, -0.2) is 80.1 Å². The van der Waals surface area contributed by atoms with Crippen LogP contribution in [0, 0.1) is 0 Å². The first kappa shape index (κ1) is 39.4. The van der Waals surface area contributed by atoms with E-state index in [2.05, 4.69) is 25.8 Å². The third-order valence-corrected chi connectivity index (χ3v) is 6.20. The Bertz CT molecular complexity index is 1550. The molecule has 0 fully saturated rings. The highest BCUT2D eigenvalue weighted by Gasteiger charge is 2.38. The van der Waals surface area contributed by atoms with Gasteiger partial charge >= 0.3 is 18.1 Å². The predicted molar refractivity (Wildman–Crippen MR) is 168 cm³/mol. The highest BCUT2D eigenvalue weighted by Crippen LogP contribution is 2.26. The molecule has 2 heterocycles. The van der Waals surface area contributed by atoms with Crippen LogP contribution in [0.1, 0.15) is 89.3 Å². The van der Waals surface area contributed by atoms with Crippen molar-refractivity contribution in [1.29, 1.82) is 0 Å². The normalized spacial score (nSPS) is 12.5. The van der Waals surface area contributed by atoms with Crippen LogP contribution in [0.25, 0.3) is 22.7 Å². The maximum Gasteiger partial charge on any atom is 0.490 e. The van der Waals surface area contributed by atoms with Crippen molar-refractivity contribution in [3.63, 3.8) is 0 Å². The second-order valence-corrected chi connectivity index (χ2v) is 12.6. The maximum absolute atomic E-state index is 13.0. The summed E-state index contributed by atoms with van der Waals surface area (Å²) in [5.74, 6) is -4.08. The largest absolute Gasteiger partial charge is 0.490 e. The van der Waals surface area contributed by atoms with Crippen LogP contribution in [0.15, 0.2) is 40.9 Å². The Morgan fingerprint density at radius 1 is 0.938 bits per heavy atom. The summed E-state index contributed by atoms with van der Waals surface area (Å²) in [6, 6.07) is 7.96. The van der Waals surface area contributed by atoms with Crippen LogP contribution < -0.4 is 10.6 Å². The minimum Gasteiger partial charge on any atom is -0.475 e. The molecule has 264 valence electrons. The van der Waals surface area contributed by atoms with Crippen LogP contribution in [0.3, 0.4) is 0 Å². The predicted octanol–water partition coefficient (Wildman–Crippen LogP) is 5.54. The first-order valence-electron chi connectivity index (χ1n) is 15.0. The van der Waals surface area contributed by atoms with Gasteiger partial charge in [0.1, 0.15) is 11.3 Å². The van der Waals surface area contributed by atoms with Crippen molar-refractivity contribution < 1.29 is 51.3 Å². The highest BCUT2D eigenvalue weighted by molar-refractivity contribution is 5.95. The van der Waals surface area contributed by atoms with Crippen molar-refractivity contribution in [1.82, 2.24) is 25.8 Å². The van der Waals surface area contributed by atoms with E-state index in [1.165, 1.54) is 6.20 Å². The third-order valence-electron chi connectivity index (χ3n) is 6.20. The van der Waals surface area contributed by atoms with Gasteiger partial charge in [-0.25, -0.2) is 14.6 Å². The lowest BCUT2D eigenvalue weighted by atomic mass is 10.1.